The highest BCUT2D eigenvalue weighted by Crippen LogP contribution is 2.22. The van der Waals surface area contributed by atoms with Crippen LogP contribution in [0.2, 0.25) is 5.15 Å². The van der Waals surface area contributed by atoms with E-state index < -0.39 is 0 Å². The summed E-state index contributed by atoms with van der Waals surface area (Å²) in [7, 11) is 0. The summed E-state index contributed by atoms with van der Waals surface area (Å²) in [4.78, 5) is 7.94. The zero-order chi connectivity index (χ0) is 14.1. The van der Waals surface area contributed by atoms with Gasteiger partial charge in [-0.1, -0.05) is 11.6 Å². The molecule has 0 radical (unpaired) electrons. The highest BCUT2D eigenvalue weighted by Gasteiger charge is 2.20. The van der Waals surface area contributed by atoms with E-state index >= 15 is 0 Å². The molecule has 8 heteroatoms. The van der Waals surface area contributed by atoms with Crippen LogP contribution in [0.4, 0.5) is 11.8 Å². The predicted octanol–water partition coefficient (Wildman–Crippen LogP) is 1.81. The van der Waals surface area contributed by atoms with E-state index in [2.05, 4.69) is 30.0 Å². The van der Waals surface area contributed by atoms with E-state index in [0.717, 1.165) is 31.0 Å². The van der Waals surface area contributed by atoms with E-state index in [1.165, 1.54) is 6.42 Å². The molecular weight excluding hydrogens is 278 g/mol. The lowest BCUT2D eigenvalue weighted by atomic mass is 10.1. The van der Waals surface area contributed by atoms with Crippen LogP contribution in [-0.4, -0.2) is 24.7 Å². The lowest BCUT2D eigenvalue weighted by Gasteiger charge is -2.19. The van der Waals surface area contributed by atoms with E-state index in [0.29, 0.717) is 11.0 Å². The topological polar surface area (TPSA) is 94.5 Å². The van der Waals surface area contributed by atoms with Crippen LogP contribution < -0.4 is 11.1 Å². The fraction of sp³-hybridized carbons (Fsp3) is 0.500. The van der Waals surface area contributed by atoms with Crippen LogP contribution in [0.3, 0.4) is 0 Å². The molecule has 0 fully saturated rings. The average Bonchev–Trinajstić information content (AvgIpc) is 2.81. The van der Waals surface area contributed by atoms with Crippen LogP contribution in [0.15, 0.2) is 6.07 Å². The molecule has 2 aromatic rings. The summed E-state index contributed by atoms with van der Waals surface area (Å²) in [5.41, 5.74) is 5.58. The number of nitrogens with one attached hydrogen (secondary N) is 1. The van der Waals surface area contributed by atoms with Crippen molar-refractivity contribution in [2.75, 3.05) is 11.1 Å². The summed E-state index contributed by atoms with van der Waals surface area (Å²) in [5, 5.41) is 12.1. The molecular formula is C12H16ClN7. The summed E-state index contributed by atoms with van der Waals surface area (Å²) in [6.07, 6.45) is 3.33. The zero-order valence-corrected chi connectivity index (χ0v) is 11.9. The van der Waals surface area contributed by atoms with Crippen molar-refractivity contribution in [3.05, 3.63) is 22.9 Å². The number of hydrogen-bond acceptors (Lipinski definition) is 6. The van der Waals surface area contributed by atoms with Gasteiger partial charge in [-0.15, -0.1) is 10.2 Å². The third kappa shape index (κ3) is 2.53. The summed E-state index contributed by atoms with van der Waals surface area (Å²) < 4.78 is 2.17. The number of aryl methyl sites for hydroxylation is 1. The molecule has 0 saturated heterocycles. The number of aromatic nitrogens is 5. The second-order valence-corrected chi connectivity index (χ2v) is 5.27. The first-order chi connectivity index (χ1) is 9.63. The monoisotopic (exact) mass is 293 g/mol. The van der Waals surface area contributed by atoms with Crippen LogP contribution in [0.25, 0.3) is 0 Å². The van der Waals surface area contributed by atoms with Gasteiger partial charge in [0, 0.05) is 19.0 Å². The van der Waals surface area contributed by atoms with Crippen molar-refractivity contribution in [1.82, 2.24) is 24.7 Å². The number of halogens is 1. The lowest BCUT2D eigenvalue weighted by molar-refractivity contribution is 0.500. The molecule has 0 saturated carbocycles. The van der Waals surface area contributed by atoms with Crippen LogP contribution >= 0.6 is 11.6 Å². The Balaban J connectivity index is 1.82. The van der Waals surface area contributed by atoms with E-state index in [9.17, 15) is 0 Å². The Labute approximate surface area is 121 Å². The first-order valence-electron chi connectivity index (χ1n) is 6.62. The van der Waals surface area contributed by atoms with Gasteiger partial charge in [0.15, 0.2) is 5.82 Å². The largest absolute Gasteiger partial charge is 0.368 e. The predicted molar refractivity (Wildman–Crippen MR) is 76.5 cm³/mol. The Morgan fingerprint density at radius 2 is 2.20 bits per heavy atom. The van der Waals surface area contributed by atoms with Crippen molar-refractivity contribution in [3.8, 4) is 0 Å². The molecule has 1 atom stereocenters. The Bertz CT molecular complexity index is 604. The molecule has 20 heavy (non-hydrogen) atoms. The summed E-state index contributed by atoms with van der Waals surface area (Å²) in [5.74, 6) is 2.70. The summed E-state index contributed by atoms with van der Waals surface area (Å²) in [6.45, 7) is 2.98. The fourth-order valence-electron chi connectivity index (χ4n) is 2.45. The molecule has 0 aliphatic carbocycles. The van der Waals surface area contributed by atoms with Crippen molar-refractivity contribution in [3.63, 3.8) is 0 Å². The molecule has 106 valence electrons. The number of rotatable bonds is 3. The van der Waals surface area contributed by atoms with Crippen molar-refractivity contribution in [1.29, 1.82) is 0 Å². The van der Waals surface area contributed by atoms with Crippen molar-refractivity contribution in [2.45, 2.75) is 38.8 Å². The van der Waals surface area contributed by atoms with Crippen molar-refractivity contribution >= 4 is 23.4 Å². The Hall–Kier alpha value is -1.89. The number of fused-ring (bicyclic) bond motifs is 1. The van der Waals surface area contributed by atoms with E-state index in [4.69, 9.17) is 17.3 Å². The molecule has 7 nitrogen and oxygen atoms in total. The Morgan fingerprint density at radius 3 is 3.00 bits per heavy atom. The van der Waals surface area contributed by atoms with Gasteiger partial charge < -0.3 is 15.6 Å². The molecule has 1 aliphatic rings. The third-order valence-corrected chi connectivity index (χ3v) is 3.55. The molecule has 0 bridgehead atoms. The highest BCUT2D eigenvalue weighted by atomic mass is 35.5. The number of anilines is 2. The SMILES string of the molecule is CC(Nc1cc(Cl)nc(N)n1)c1nnc2n1CCCC2. The standard InChI is InChI=1S/C12H16ClN7/c1-7(15-9-6-8(13)16-12(14)17-9)11-19-18-10-4-2-3-5-20(10)11/h6-7H,2-5H2,1H3,(H3,14,15,16,17). The molecule has 0 spiro atoms. The Morgan fingerprint density at radius 1 is 1.35 bits per heavy atom. The normalized spacial score (nSPS) is 15.7. The smallest absolute Gasteiger partial charge is 0.223 e. The molecule has 1 unspecified atom stereocenters. The third-order valence-electron chi connectivity index (χ3n) is 3.35. The number of hydrogen-bond donors (Lipinski definition) is 2. The van der Waals surface area contributed by atoms with E-state index in [1.54, 1.807) is 6.07 Å². The molecule has 2 aromatic heterocycles. The molecule has 3 N–H and O–H groups in total. The quantitative estimate of drug-likeness (QED) is 0.838. The molecule has 3 heterocycles. The van der Waals surface area contributed by atoms with Crippen molar-refractivity contribution < 1.29 is 0 Å². The highest BCUT2D eigenvalue weighted by molar-refractivity contribution is 6.29. The van der Waals surface area contributed by atoms with Crippen LogP contribution in [0.5, 0.6) is 0 Å². The van der Waals surface area contributed by atoms with E-state index in [1.807, 2.05) is 6.92 Å². The minimum atomic E-state index is -0.0280. The summed E-state index contributed by atoms with van der Waals surface area (Å²) in [6, 6.07) is 1.61. The first-order valence-corrected chi connectivity index (χ1v) is 7.00. The second kappa shape index (κ2) is 5.24. The molecule has 1 aliphatic heterocycles. The van der Waals surface area contributed by atoms with Crippen LogP contribution in [0.1, 0.15) is 37.5 Å². The van der Waals surface area contributed by atoms with Gasteiger partial charge >= 0.3 is 0 Å². The maximum Gasteiger partial charge on any atom is 0.223 e. The van der Waals surface area contributed by atoms with Gasteiger partial charge in [-0.05, 0) is 19.8 Å². The van der Waals surface area contributed by atoms with Crippen molar-refractivity contribution in [2.24, 2.45) is 0 Å². The van der Waals surface area contributed by atoms with Gasteiger partial charge in [-0.25, -0.2) is 4.98 Å². The number of nitrogens with zero attached hydrogens (tertiary/aromatic N) is 5. The van der Waals surface area contributed by atoms with Gasteiger partial charge in [-0.2, -0.15) is 4.98 Å². The average molecular weight is 294 g/mol. The van der Waals surface area contributed by atoms with Gasteiger partial charge in [0.1, 0.15) is 16.8 Å². The minimum Gasteiger partial charge on any atom is -0.368 e. The lowest BCUT2D eigenvalue weighted by Crippen LogP contribution is -2.18. The number of nitrogen functional groups attached to an aromatic ring is 1. The molecule has 0 amide bonds. The minimum absolute atomic E-state index is 0.0280. The maximum atomic E-state index is 5.87. The molecule has 0 aromatic carbocycles. The number of nitrogens with two attached hydrogens (primary N) is 1. The first kappa shape index (κ1) is 13.1. The van der Waals surface area contributed by atoms with E-state index in [-0.39, 0.29) is 12.0 Å². The fourth-order valence-corrected chi connectivity index (χ4v) is 2.64. The van der Waals surface area contributed by atoms with Gasteiger partial charge in [0.25, 0.3) is 0 Å². The van der Waals surface area contributed by atoms with Crippen LogP contribution in [0, 0.1) is 0 Å². The van der Waals surface area contributed by atoms with Gasteiger partial charge in [0.05, 0.1) is 6.04 Å². The van der Waals surface area contributed by atoms with Crippen LogP contribution in [-0.2, 0) is 13.0 Å². The van der Waals surface area contributed by atoms with Gasteiger partial charge in [-0.3, -0.25) is 0 Å². The summed E-state index contributed by atoms with van der Waals surface area (Å²) >= 11 is 5.87. The molecule has 3 rings (SSSR count). The Kier molecular flexibility index (Phi) is 3.43. The van der Waals surface area contributed by atoms with Gasteiger partial charge in [0.2, 0.25) is 5.95 Å². The zero-order valence-electron chi connectivity index (χ0n) is 11.2. The second-order valence-electron chi connectivity index (χ2n) is 4.88. The maximum absolute atomic E-state index is 5.87.